The second kappa shape index (κ2) is 7.68. The van der Waals surface area contributed by atoms with Crippen LogP contribution < -0.4 is 10.2 Å². The van der Waals surface area contributed by atoms with Gasteiger partial charge >= 0.3 is 0 Å². The van der Waals surface area contributed by atoms with Crippen molar-refractivity contribution in [1.29, 1.82) is 0 Å². The monoisotopic (exact) mass is 357 g/mol. The van der Waals surface area contributed by atoms with Crippen molar-refractivity contribution < 1.29 is 9.18 Å². The molecule has 1 amide bonds. The Morgan fingerprint density at radius 2 is 1.88 bits per heavy atom. The van der Waals surface area contributed by atoms with Crippen LogP contribution >= 0.6 is 0 Å². The molecule has 7 heteroatoms. The average Bonchev–Trinajstić information content (AvgIpc) is 2.63. The second-order valence-electron chi connectivity index (χ2n) is 6.47. The van der Waals surface area contributed by atoms with E-state index in [0.29, 0.717) is 43.3 Å². The van der Waals surface area contributed by atoms with Gasteiger partial charge in [0.15, 0.2) is 0 Å². The molecule has 6 nitrogen and oxygen atoms in total. The van der Waals surface area contributed by atoms with Gasteiger partial charge in [-0.05, 0) is 38.5 Å². The molecule has 1 aliphatic heterocycles. The van der Waals surface area contributed by atoms with Crippen LogP contribution in [0, 0.1) is 19.7 Å². The molecule has 0 bridgehead atoms. The maximum absolute atomic E-state index is 13.7. The summed E-state index contributed by atoms with van der Waals surface area (Å²) < 4.78 is 13.7. The van der Waals surface area contributed by atoms with Crippen molar-refractivity contribution in [3.05, 3.63) is 46.9 Å². The van der Waals surface area contributed by atoms with Gasteiger partial charge in [-0.15, -0.1) is 0 Å². The third kappa shape index (κ3) is 3.92. The van der Waals surface area contributed by atoms with Gasteiger partial charge in [-0.3, -0.25) is 4.79 Å². The number of aromatic nitrogens is 2. The predicted octanol–water partition coefficient (Wildman–Crippen LogP) is 2.63. The second-order valence-corrected chi connectivity index (χ2v) is 6.47. The molecule has 2 heterocycles. The van der Waals surface area contributed by atoms with E-state index >= 15 is 0 Å². The van der Waals surface area contributed by atoms with Gasteiger partial charge in [0.05, 0.1) is 0 Å². The molecule has 0 atom stereocenters. The lowest BCUT2D eigenvalue weighted by Crippen LogP contribution is -2.49. The highest BCUT2D eigenvalue weighted by molar-refractivity contribution is 5.94. The van der Waals surface area contributed by atoms with Gasteiger partial charge in [0.25, 0.3) is 5.91 Å². The van der Waals surface area contributed by atoms with Crippen molar-refractivity contribution in [2.75, 3.05) is 42.9 Å². The maximum Gasteiger partial charge on any atom is 0.254 e. The minimum Gasteiger partial charge on any atom is -0.370 e. The molecule has 1 saturated heterocycles. The first-order chi connectivity index (χ1) is 12.5. The molecule has 138 valence electrons. The Morgan fingerprint density at radius 3 is 2.54 bits per heavy atom. The summed E-state index contributed by atoms with van der Waals surface area (Å²) in [6, 6.07) is 6.55. The minimum absolute atomic E-state index is 0.137. The molecule has 1 aromatic heterocycles. The van der Waals surface area contributed by atoms with E-state index < -0.39 is 0 Å². The molecule has 1 aromatic carbocycles. The van der Waals surface area contributed by atoms with Crippen LogP contribution in [0.3, 0.4) is 0 Å². The molecule has 0 unspecified atom stereocenters. The number of amides is 1. The van der Waals surface area contributed by atoms with Crippen LogP contribution in [0.2, 0.25) is 0 Å². The zero-order chi connectivity index (χ0) is 18.7. The highest BCUT2D eigenvalue weighted by Gasteiger charge is 2.24. The Kier molecular flexibility index (Phi) is 5.35. The fourth-order valence-corrected chi connectivity index (χ4v) is 2.98. The van der Waals surface area contributed by atoms with Crippen LogP contribution in [0.1, 0.15) is 28.5 Å². The van der Waals surface area contributed by atoms with E-state index in [1.165, 1.54) is 6.07 Å². The highest BCUT2D eigenvalue weighted by Crippen LogP contribution is 2.17. The molecule has 26 heavy (non-hydrogen) atoms. The molecule has 3 rings (SSSR count). The zero-order valence-corrected chi connectivity index (χ0v) is 15.4. The Morgan fingerprint density at radius 1 is 1.15 bits per heavy atom. The summed E-state index contributed by atoms with van der Waals surface area (Å²) >= 11 is 0. The first-order valence-corrected chi connectivity index (χ1v) is 8.88. The van der Waals surface area contributed by atoms with E-state index in [4.69, 9.17) is 0 Å². The number of rotatable bonds is 4. The number of aryl methyl sites for hydroxylation is 2. The molecule has 1 N–H and O–H groups in total. The van der Waals surface area contributed by atoms with Crippen molar-refractivity contribution in [3.63, 3.8) is 0 Å². The largest absolute Gasteiger partial charge is 0.370 e. The number of halogens is 1. The molecule has 1 aliphatic rings. The Hall–Kier alpha value is -2.70. The molecular formula is C19H24FN5O. The molecule has 0 saturated carbocycles. The number of hydrogen-bond acceptors (Lipinski definition) is 5. The van der Waals surface area contributed by atoms with Gasteiger partial charge in [-0.25, -0.2) is 9.37 Å². The van der Waals surface area contributed by atoms with Gasteiger partial charge in [-0.2, -0.15) is 4.98 Å². The van der Waals surface area contributed by atoms with E-state index in [1.807, 2.05) is 19.9 Å². The van der Waals surface area contributed by atoms with Crippen molar-refractivity contribution in [3.8, 4) is 0 Å². The first-order valence-electron chi connectivity index (χ1n) is 8.88. The summed E-state index contributed by atoms with van der Waals surface area (Å²) in [4.78, 5) is 25.5. The lowest BCUT2D eigenvalue weighted by Gasteiger charge is -2.35. The number of nitrogens with one attached hydrogen (secondary N) is 1. The molecule has 0 spiro atoms. The Bertz CT molecular complexity index is 803. The van der Waals surface area contributed by atoms with Crippen molar-refractivity contribution in [1.82, 2.24) is 14.9 Å². The fraction of sp³-hybridized carbons (Fsp3) is 0.421. The van der Waals surface area contributed by atoms with Crippen LogP contribution in [-0.2, 0) is 0 Å². The lowest BCUT2D eigenvalue weighted by atomic mass is 10.1. The third-order valence-corrected chi connectivity index (χ3v) is 4.47. The van der Waals surface area contributed by atoms with Crippen LogP contribution in [-0.4, -0.2) is 53.5 Å². The lowest BCUT2D eigenvalue weighted by molar-refractivity contribution is 0.0745. The van der Waals surface area contributed by atoms with Gasteiger partial charge in [0.1, 0.15) is 11.6 Å². The topological polar surface area (TPSA) is 61.4 Å². The zero-order valence-electron chi connectivity index (χ0n) is 15.4. The fourth-order valence-electron chi connectivity index (χ4n) is 2.98. The number of hydrogen-bond donors (Lipinski definition) is 1. The van der Waals surface area contributed by atoms with Gasteiger partial charge in [-0.1, -0.05) is 6.07 Å². The molecule has 2 aromatic rings. The number of nitrogens with zero attached hydrogens (tertiary/aromatic N) is 4. The highest BCUT2D eigenvalue weighted by atomic mass is 19.1. The third-order valence-electron chi connectivity index (χ3n) is 4.47. The normalized spacial score (nSPS) is 14.5. The summed E-state index contributed by atoms with van der Waals surface area (Å²) in [7, 11) is 0. The van der Waals surface area contributed by atoms with Crippen LogP contribution in [0.4, 0.5) is 16.2 Å². The smallest absolute Gasteiger partial charge is 0.254 e. The predicted molar refractivity (Wildman–Crippen MR) is 100 cm³/mol. The van der Waals surface area contributed by atoms with E-state index in [0.717, 1.165) is 18.1 Å². The van der Waals surface area contributed by atoms with Gasteiger partial charge < -0.3 is 15.1 Å². The van der Waals surface area contributed by atoms with Crippen molar-refractivity contribution in [2.24, 2.45) is 0 Å². The summed E-state index contributed by atoms with van der Waals surface area (Å²) in [5, 5.41) is 3.21. The molecule has 0 radical (unpaired) electrons. The molecule has 0 aliphatic carbocycles. The Balaban J connectivity index is 1.67. The van der Waals surface area contributed by atoms with Gasteiger partial charge in [0, 0.05) is 50.0 Å². The summed E-state index contributed by atoms with van der Waals surface area (Å²) in [5.74, 6) is 0.999. The van der Waals surface area contributed by atoms with E-state index in [-0.39, 0.29) is 11.7 Å². The quantitative estimate of drug-likeness (QED) is 0.911. The van der Waals surface area contributed by atoms with E-state index in [1.54, 1.807) is 24.0 Å². The first kappa shape index (κ1) is 18.1. The number of anilines is 2. The van der Waals surface area contributed by atoms with Crippen molar-refractivity contribution >= 4 is 17.7 Å². The number of benzene rings is 1. The molecular weight excluding hydrogens is 333 g/mol. The maximum atomic E-state index is 13.7. The summed E-state index contributed by atoms with van der Waals surface area (Å²) in [6.45, 7) is 8.86. The number of piperazine rings is 1. The van der Waals surface area contributed by atoms with Crippen LogP contribution in [0.25, 0.3) is 0 Å². The van der Waals surface area contributed by atoms with Gasteiger partial charge in [0.2, 0.25) is 5.95 Å². The van der Waals surface area contributed by atoms with Crippen LogP contribution in [0.15, 0.2) is 24.3 Å². The molecule has 1 fully saturated rings. The number of carbonyl (C=O) groups excluding carboxylic acids is 1. The van der Waals surface area contributed by atoms with Crippen LogP contribution in [0.5, 0.6) is 0 Å². The average molecular weight is 357 g/mol. The van der Waals surface area contributed by atoms with E-state index in [9.17, 15) is 9.18 Å². The number of carbonyl (C=O) groups is 1. The standard InChI is InChI=1S/C19H24FN5O/c1-4-21-17-11-14(3)22-19(23-17)25-9-7-24(8-10-25)18(26)15-6-5-13(2)16(20)12-15/h5-6,11-12H,4,7-10H2,1-3H3,(H,21,22,23). The Labute approximate surface area is 153 Å². The summed E-state index contributed by atoms with van der Waals surface area (Å²) in [5.41, 5.74) is 1.84. The minimum atomic E-state index is -0.349. The summed E-state index contributed by atoms with van der Waals surface area (Å²) in [6.07, 6.45) is 0. The SMILES string of the molecule is CCNc1cc(C)nc(N2CCN(C(=O)c3ccc(C)c(F)c3)CC2)n1. The van der Waals surface area contributed by atoms with Crippen molar-refractivity contribution in [2.45, 2.75) is 20.8 Å². The van der Waals surface area contributed by atoms with E-state index in [2.05, 4.69) is 20.2 Å².